The van der Waals surface area contributed by atoms with Gasteiger partial charge < -0.3 is 5.11 Å². The molecule has 1 aliphatic rings. The molecule has 1 atom stereocenters. The average Bonchev–Trinajstić information content (AvgIpc) is 2.72. The predicted octanol–water partition coefficient (Wildman–Crippen LogP) is 1.67. The van der Waals surface area contributed by atoms with Crippen LogP contribution in [0.3, 0.4) is 0 Å². The second-order valence-electron chi connectivity index (χ2n) is 3.12. The molecule has 2 rings (SSSR count). The van der Waals surface area contributed by atoms with Crippen LogP contribution in [0.4, 0.5) is 0 Å². The molecule has 0 aromatic heterocycles. The summed E-state index contributed by atoms with van der Waals surface area (Å²) < 4.78 is 0. The summed E-state index contributed by atoms with van der Waals surface area (Å²) in [6, 6.07) is 9.52. The first kappa shape index (κ1) is 9.99. The second kappa shape index (κ2) is 4.80. The summed E-state index contributed by atoms with van der Waals surface area (Å²) in [5.41, 5.74) is 0.817. The molecule has 1 fully saturated rings. The Labute approximate surface area is 91.6 Å². The van der Waals surface area contributed by atoms with Gasteiger partial charge in [-0.3, -0.25) is 0 Å². The van der Waals surface area contributed by atoms with Crippen molar-refractivity contribution >= 4 is 28.4 Å². The van der Waals surface area contributed by atoms with Crippen LogP contribution in [0, 0.1) is 0 Å². The summed E-state index contributed by atoms with van der Waals surface area (Å²) in [6.07, 6.45) is 0. The third kappa shape index (κ3) is 2.49. The minimum absolute atomic E-state index is 0.191. The van der Waals surface area contributed by atoms with Crippen LogP contribution >= 0.6 is 11.8 Å². The molecule has 0 spiro atoms. The Hall–Kier alpha value is -0.540. The summed E-state index contributed by atoms with van der Waals surface area (Å²) in [6.45, 7) is 0. The largest absolute Gasteiger partial charge is 0.869 e. The fraction of sp³-hybridized carbons (Fsp3) is 0.273. The van der Waals surface area contributed by atoms with Crippen LogP contribution in [0.2, 0.25) is 0 Å². The van der Waals surface area contributed by atoms with Gasteiger partial charge in [0.15, 0.2) is 5.08 Å². The molecule has 1 saturated heterocycles. The van der Waals surface area contributed by atoms with E-state index in [1.165, 1.54) is 11.5 Å². The third-order valence-electron chi connectivity index (χ3n) is 2.06. The standard InChI is InChI=1S/C11H12OS2/c12-11(8-14-7-6-13-9-14)10-4-2-1-3-5-10/h1-5,8H,6-7,9H2/b11-8+. The van der Waals surface area contributed by atoms with Gasteiger partial charge in [0.25, 0.3) is 0 Å². The molecule has 0 radical (unpaired) electrons. The Morgan fingerprint density at radius 1 is 1.36 bits per heavy atom. The SMILES string of the molecule is [O-]/C(=C/[S+]1CCSC1)c1ccccc1. The lowest BCUT2D eigenvalue weighted by Gasteiger charge is -2.09. The molecule has 14 heavy (non-hydrogen) atoms. The fourth-order valence-corrected chi connectivity index (χ4v) is 5.26. The van der Waals surface area contributed by atoms with Gasteiger partial charge in [-0.15, -0.1) is 11.8 Å². The molecule has 74 valence electrons. The van der Waals surface area contributed by atoms with Gasteiger partial charge in [-0.05, 0) is 5.56 Å². The van der Waals surface area contributed by atoms with Crippen molar-refractivity contribution in [1.82, 2.24) is 0 Å². The van der Waals surface area contributed by atoms with Crippen LogP contribution in [0.25, 0.3) is 5.76 Å². The van der Waals surface area contributed by atoms with Crippen LogP contribution in [-0.4, -0.2) is 16.6 Å². The van der Waals surface area contributed by atoms with Crippen molar-refractivity contribution in [2.24, 2.45) is 0 Å². The van der Waals surface area contributed by atoms with Gasteiger partial charge >= 0.3 is 0 Å². The smallest absolute Gasteiger partial charge is 0.158 e. The molecule has 1 aromatic carbocycles. The highest BCUT2D eigenvalue weighted by Gasteiger charge is 2.21. The Bertz CT molecular complexity index is 315. The van der Waals surface area contributed by atoms with Gasteiger partial charge in [-0.1, -0.05) is 36.1 Å². The molecule has 0 bridgehead atoms. The molecule has 0 aliphatic carbocycles. The van der Waals surface area contributed by atoms with E-state index in [2.05, 4.69) is 0 Å². The summed E-state index contributed by atoms with van der Waals surface area (Å²) in [5.74, 6) is 2.58. The van der Waals surface area contributed by atoms with E-state index >= 15 is 0 Å². The van der Waals surface area contributed by atoms with Crippen LogP contribution in [0.1, 0.15) is 5.56 Å². The van der Waals surface area contributed by atoms with Crippen LogP contribution < -0.4 is 5.11 Å². The fourth-order valence-electron chi connectivity index (χ4n) is 1.31. The topological polar surface area (TPSA) is 23.1 Å². The quantitative estimate of drug-likeness (QED) is 0.563. The molecular weight excluding hydrogens is 212 g/mol. The highest BCUT2D eigenvalue weighted by Crippen LogP contribution is 2.21. The van der Waals surface area contributed by atoms with E-state index in [4.69, 9.17) is 0 Å². The Morgan fingerprint density at radius 3 is 2.79 bits per heavy atom. The number of hydrogen-bond donors (Lipinski definition) is 0. The lowest BCUT2D eigenvalue weighted by molar-refractivity contribution is -0.243. The summed E-state index contributed by atoms with van der Waals surface area (Å²) in [7, 11) is 0.231. The zero-order chi connectivity index (χ0) is 9.80. The van der Waals surface area contributed by atoms with Crippen molar-refractivity contribution in [3.05, 3.63) is 41.3 Å². The third-order valence-corrected chi connectivity index (χ3v) is 5.96. The Balaban J connectivity index is 2.10. The molecule has 1 aliphatic heterocycles. The van der Waals surface area contributed by atoms with Gasteiger partial charge in [0.1, 0.15) is 11.2 Å². The lowest BCUT2D eigenvalue weighted by atomic mass is 10.2. The Morgan fingerprint density at radius 2 is 2.14 bits per heavy atom. The van der Waals surface area contributed by atoms with Crippen molar-refractivity contribution < 1.29 is 5.11 Å². The van der Waals surface area contributed by atoms with Crippen molar-refractivity contribution in [3.63, 3.8) is 0 Å². The second-order valence-corrected chi connectivity index (χ2v) is 6.59. The number of rotatable bonds is 2. The van der Waals surface area contributed by atoms with Gasteiger partial charge in [0.05, 0.1) is 0 Å². The molecule has 0 saturated carbocycles. The average molecular weight is 224 g/mol. The van der Waals surface area contributed by atoms with E-state index in [1.807, 2.05) is 47.5 Å². The van der Waals surface area contributed by atoms with E-state index < -0.39 is 0 Å². The summed E-state index contributed by atoms with van der Waals surface area (Å²) >= 11 is 1.95. The molecule has 1 unspecified atom stereocenters. The molecule has 1 aromatic rings. The molecular formula is C11H12OS2. The maximum atomic E-state index is 11.7. The van der Waals surface area contributed by atoms with Crippen molar-refractivity contribution in [1.29, 1.82) is 0 Å². The van der Waals surface area contributed by atoms with E-state index in [0.717, 1.165) is 10.6 Å². The van der Waals surface area contributed by atoms with E-state index in [0.29, 0.717) is 0 Å². The zero-order valence-corrected chi connectivity index (χ0v) is 9.44. The lowest BCUT2D eigenvalue weighted by Crippen LogP contribution is -2.07. The first-order chi connectivity index (χ1) is 6.86. The summed E-state index contributed by atoms with van der Waals surface area (Å²) in [5, 5.41) is 14.8. The minimum atomic E-state index is 0.191. The first-order valence-electron chi connectivity index (χ1n) is 4.54. The van der Waals surface area contributed by atoms with Gasteiger partial charge in [0.2, 0.25) is 0 Å². The van der Waals surface area contributed by atoms with Crippen LogP contribution in [0.15, 0.2) is 35.7 Å². The molecule has 0 N–H and O–H groups in total. The van der Waals surface area contributed by atoms with E-state index in [1.54, 1.807) is 0 Å². The normalized spacial score (nSPS) is 22.6. The van der Waals surface area contributed by atoms with Crippen molar-refractivity contribution in [2.75, 3.05) is 16.6 Å². The minimum Gasteiger partial charge on any atom is -0.869 e. The molecule has 1 heterocycles. The molecule has 0 amide bonds. The highest BCUT2D eigenvalue weighted by molar-refractivity contribution is 8.18. The molecule has 3 heteroatoms. The number of thioether (sulfide) groups is 1. The first-order valence-corrected chi connectivity index (χ1v) is 7.32. The van der Waals surface area contributed by atoms with Gasteiger partial charge in [-0.25, -0.2) is 0 Å². The van der Waals surface area contributed by atoms with Crippen molar-refractivity contribution in [3.8, 4) is 0 Å². The monoisotopic (exact) mass is 224 g/mol. The zero-order valence-electron chi connectivity index (χ0n) is 7.81. The molecule has 1 nitrogen and oxygen atoms in total. The van der Waals surface area contributed by atoms with E-state index in [-0.39, 0.29) is 16.7 Å². The predicted molar refractivity (Wildman–Crippen MR) is 64.0 cm³/mol. The maximum absolute atomic E-state index is 11.7. The van der Waals surface area contributed by atoms with Crippen LogP contribution in [0.5, 0.6) is 0 Å². The van der Waals surface area contributed by atoms with Crippen LogP contribution in [-0.2, 0) is 10.9 Å². The number of hydrogen-bond acceptors (Lipinski definition) is 2. The van der Waals surface area contributed by atoms with E-state index in [9.17, 15) is 5.11 Å². The van der Waals surface area contributed by atoms with Crippen molar-refractivity contribution in [2.45, 2.75) is 0 Å². The van der Waals surface area contributed by atoms with Gasteiger partial charge in [0, 0.05) is 16.6 Å². The van der Waals surface area contributed by atoms with Gasteiger partial charge in [-0.2, -0.15) is 0 Å². The summed E-state index contributed by atoms with van der Waals surface area (Å²) in [4.78, 5) is 0. The highest BCUT2D eigenvalue weighted by atomic mass is 32.2. The Kier molecular flexibility index (Phi) is 3.43. The number of benzene rings is 1. The maximum Gasteiger partial charge on any atom is 0.158 e.